The van der Waals surface area contributed by atoms with Crippen LogP contribution >= 0.6 is 23.1 Å². The molecule has 6 N–H and O–H groups in total. The Morgan fingerprint density at radius 2 is 1.98 bits per heavy atom. The summed E-state index contributed by atoms with van der Waals surface area (Å²) in [6, 6.07) is 8.58. The zero-order chi connectivity index (χ0) is 34.8. The average Bonchev–Trinajstić information content (AvgIpc) is 3.65. The molecule has 0 spiro atoms. The van der Waals surface area contributed by atoms with Crippen molar-refractivity contribution in [2.45, 2.75) is 30.9 Å². The second-order valence-corrected chi connectivity index (χ2v) is 13.2. The molecule has 18 heteroatoms. The molecule has 0 radical (unpaired) electrons. The summed E-state index contributed by atoms with van der Waals surface area (Å²) in [6.45, 7) is 0.642. The predicted molar refractivity (Wildman–Crippen MR) is 173 cm³/mol. The summed E-state index contributed by atoms with van der Waals surface area (Å²) in [7, 11) is 0. The number of amides is 4. The highest BCUT2D eigenvalue weighted by molar-refractivity contribution is 8.00. The number of thioether (sulfide) groups is 1. The van der Waals surface area contributed by atoms with Gasteiger partial charge in [0.2, 0.25) is 12.5 Å². The van der Waals surface area contributed by atoms with Gasteiger partial charge in [-0.05, 0) is 48.4 Å². The number of carbonyl (C=O) groups excluding carboxylic acids is 5. The Morgan fingerprint density at radius 1 is 1.20 bits per heavy atom. The molecule has 0 bridgehead atoms. The highest BCUT2D eigenvalue weighted by Gasteiger charge is 2.53. The van der Waals surface area contributed by atoms with E-state index in [0.717, 1.165) is 21.8 Å². The lowest BCUT2D eigenvalue weighted by molar-refractivity contribution is -0.684. The molecule has 3 aromatic rings. The lowest BCUT2D eigenvalue weighted by Gasteiger charge is -2.50. The van der Waals surface area contributed by atoms with E-state index in [1.165, 1.54) is 35.4 Å². The third-order valence-corrected chi connectivity index (χ3v) is 9.87. The number of pyridine rings is 1. The van der Waals surface area contributed by atoms with Gasteiger partial charge in [-0.2, -0.15) is 4.57 Å². The second-order valence-electron chi connectivity index (χ2n) is 11.2. The Balaban J connectivity index is 1.10. The number of carboxylic acids is 1. The molecule has 0 saturated carbocycles. The van der Waals surface area contributed by atoms with E-state index in [0.29, 0.717) is 24.2 Å². The largest absolute Gasteiger partial charge is 0.543 e. The van der Waals surface area contributed by atoms with E-state index in [1.807, 2.05) is 6.07 Å². The number of phenolic OH excluding ortho intramolecular Hbond substituents is 1. The number of anilines is 2. The highest BCUT2D eigenvalue weighted by Crippen LogP contribution is 2.41. The second kappa shape index (κ2) is 13.8. The maximum atomic E-state index is 13.4. The van der Waals surface area contributed by atoms with Crippen LogP contribution in [0.5, 0.6) is 5.75 Å². The van der Waals surface area contributed by atoms with Crippen molar-refractivity contribution < 1.29 is 44.0 Å². The van der Waals surface area contributed by atoms with Gasteiger partial charge in [0.1, 0.15) is 22.9 Å². The molecule has 3 aliphatic heterocycles. The van der Waals surface area contributed by atoms with Gasteiger partial charge in [0, 0.05) is 40.6 Å². The Hall–Kier alpha value is -5.75. The van der Waals surface area contributed by atoms with E-state index in [-0.39, 0.29) is 58.5 Å². The van der Waals surface area contributed by atoms with Gasteiger partial charge in [0.15, 0.2) is 23.2 Å². The maximum absolute atomic E-state index is 13.4. The number of hydrogen-bond acceptors (Lipinski definition) is 13. The number of aromatic nitrogens is 2. The molecule has 6 rings (SSSR count). The summed E-state index contributed by atoms with van der Waals surface area (Å²) < 4.78 is 1.68. The van der Waals surface area contributed by atoms with Crippen LogP contribution in [0.15, 0.2) is 82.2 Å². The van der Waals surface area contributed by atoms with Crippen LogP contribution in [0.4, 0.5) is 10.8 Å². The number of benzene rings is 1. The molecule has 2 saturated heterocycles. The third-order valence-electron chi connectivity index (χ3n) is 7.89. The van der Waals surface area contributed by atoms with E-state index in [4.69, 9.17) is 5.73 Å². The van der Waals surface area contributed by atoms with E-state index in [9.17, 15) is 39.4 Å². The average molecular weight is 705 g/mol. The number of allylic oxidation sites excluding steroid dienone is 1. The van der Waals surface area contributed by atoms with Gasteiger partial charge in [0.05, 0.1) is 18.2 Å². The highest BCUT2D eigenvalue weighted by atomic mass is 32.2. The molecule has 0 unspecified atom stereocenters. The molecule has 2 atom stereocenters. The molecule has 2 aromatic heterocycles. The molecule has 16 nitrogen and oxygen atoms in total. The molecule has 0 aliphatic carbocycles. The molecule has 5 heterocycles. The lowest BCUT2D eigenvalue weighted by Crippen LogP contribution is -2.71. The van der Waals surface area contributed by atoms with Crippen molar-refractivity contribution in [3.8, 4) is 5.75 Å². The van der Waals surface area contributed by atoms with Gasteiger partial charge in [-0.15, -0.1) is 23.1 Å². The van der Waals surface area contributed by atoms with E-state index in [2.05, 4.69) is 20.8 Å². The van der Waals surface area contributed by atoms with Crippen LogP contribution in [-0.2, 0) is 37.1 Å². The number of carbonyl (C=O) groups is 5. The van der Waals surface area contributed by atoms with Crippen LogP contribution in [-0.4, -0.2) is 84.1 Å². The number of likely N-dealkylation sites (tertiary alicyclic amines) is 1. The van der Waals surface area contributed by atoms with Gasteiger partial charge < -0.3 is 41.5 Å². The summed E-state index contributed by atoms with van der Waals surface area (Å²) in [5.74, 6) is -3.56. The normalized spacial score (nSPS) is 19.9. The Kier molecular flexibility index (Phi) is 9.32. The standard InChI is InChI=1S/C31H28N8O8S2/c32-31-34-21(15-49-31)23(36-47)26(42)35-24-28(44)39-25(30(45)46)18(14-48-29(24)39)10-17-7-9-38(27(17)43)12-16-2-1-8-37(11-16)13-22(41)33-19-3-5-20(40)6-4-19/h1-6,8,10-11,15,24,29H,7,9,12-14H2,(H6-,32,33,34,35,36,40,41,42,45,46,47)/b17-10+/t24-,29-/m1/s1. The van der Waals surface area contributed by atoms with Crippen LogP contribution < -0.4 is 26.0 Å². The Morgan fingerprint density at radius 3 is 2.67 bits per heavy atom. The van der Waals surface area contributed by atoms with Crippen molar-refractivity contribution in [1.82, 2.24) is 20.1 Å². The first kappa shape index (κ1) is 33.2. The number of phenols is 1. The topological polar surface area (TPSA) is 235 Å². The van der Waals surface area contributed by atoms with Crippen LogP contribution in [0, 0.1) is 0 Å². The third kappa shape index (κ3) is 6.95. The summed E-state index contributed by atoms with van der Waals surface area (Å²) in [5.41, 5.74) is 6.69. The zero-order valence-electron chi connectivity index (χ0n) is 25.4. The molecule has 1 aromatic carbocycles. The summed E-state index contributed by atoms with van der Waals surface area (Å²) in [5, 5.41) is 40.0. The number of aliphatic carboxylic acids is 1. The van der Waals surface area contributed by atoms with E-state index >= 15 is 0 Å². The van der Waals surface area contributed by atoms with Crippen molar-refractivity contribution in [2.24, 2.45) is 5.16 Å². The number of thiazole rings is 1. The smallest absolute Gasteiger partial charge is 0.290 e. The minimum absolute atomic E-state index is 0.0164. The summed E-state index contributed by atoms with van der Waals surface area (Å²) >= 11 is 2.23. The van der Waals surface area contributed by atoms with Gasteiger partial charge in [-0.3, -0.25) is 24.1 Å². The van der Waals surface area contributed by atoms with Gasteiger partial charge >= 0.3 is 0 Å². The van der Waals surface area contributed by atoms with Crippen molar-refractivity contribution >= 4 is 69.2 Å². The predicted octanol–water partition coefficient (Wildman–Crippen LogP) is -0.702. The van der Waals surface area contributed by atoms with Crippen LogP contribution in [0.25, 0.3) is 0 Å². The number of hydrogen-bond donors (Lipinski definition) is 5. The van der Waals surface area contributed by atoms with E-state index < -0.39 is 34.9 Å². The SMILES string of the molecule is Nc1nc(/C(=N/O)C(=O)N[C@@H]2C(=O)N3C(C(=O)[O-])=C(/C=C4\CCN(Cc5ccc[n+](CC(=O)Nc6ccc(O)cc6)c5)C4=O)CS[C@H]23)cs1. The molecular weight excluding hydrogens is 677 g/mol. The summed E-state index contributed by atoms with van der Waals surface area (Å²) in [4.78, 5) is 70.6. The van der Waals surface area contributed by atoms with Crippen LogP contribution in [0.1, 0.15) is 17.7 Å². The maximum Gasteiger partial charge on any atom is 0.290 e. The number of rotatable bonds is 10. The molecule has 49 heavy (non-hydrogen) atoms. The van der Waals surface area contributed by atoms with Crippen molar-refractivity contribution in [3.05, 3.63) is 88.3 Å². The monoisotopic (exact) mass is 704 g/mol. The first-order valence-electron chi connectivity index (χ1n) is 14.7. The number of aromatic hydroxyl groups is 1. The number of nitrogen functional groups attached to an aromatic ring is 1. The minimum Gasteiger partial charge on any atom is -0.543 e. The number of nitrogens with zero attached hydrogens (tertiary/aromatic N) is 5. The number of nitrogens with two attached hydrogens (primary N) is 1. The first-order chi connectivity index (χ1) is 23.5. The molecule has 252 valence electrons. The number of nitrogens with one attached hydrogen (secondary N) is 2. The van der Waals surface area contributed by atoms with Gasteiger partial charge in [-0.1, -0.05) is 5.16 Å². The Bertz CT molecular complexity index is 1960. The fourth-order valence-electron chi connectivity index (χ4n) is 5.62. The van der Waals surface area contributed by atoms with Gasteiger partial charge in [-0.25, -0.2) is 4.98 Å². The van der Waals surface area contributed by atoms with Crippen LogP contribution in [0.3, 0.4) is 0 Å². The molecular formula is C31H28N8O8S2. The zero-order valence-corrected chi connectivity index (χ0v) is 27.1. The first-order valence-corrected chi connectivity index (χ1v) is 16.7. The van der Waals surface area contributed by atoms with Crippen molar-refractivity contribution in [2.75, 3.05) is 23.3 Å². The summed E-state index contributed by atoms with van der Waals surface area (Å²) in [6.07, 6.45) is 5.31. The van der Waals surface area contributed by atoms with Crippen molar-refractivity contribution in [3.63, 3.8) is 0 Å². The van der Waals surface area contributed by atoms with Crippen molar-refractivity contribution in [1.29, 1.82) is 0 Å². The minimum atomic E-state index is -1.60. The Labute approximate surface area is 286 Å². The molecule has 2 fully saturated rings. The number of oxime groups is 1. The number of fused-ring (bicyclic) bond motifs is 1. The lowest BCUT2D eigenvalue weighted by atomic mass is 10.0. The quantitative estimate of drug-likeness (QED) is 0.0337. The van der Waals surface area contributed by atoms with E-state index in [1.54, 1.807) is 40.1 Å². The molecule has 3 aliphatic rings. The fraction of sp³-hybridized carbons (Fsp3) is 0.226. The van der Waals surface area contributed by atoms with Crippen LogP contribution in [0.2, 0.25) is 0 Å². The number of β-lactam (4-membered cyclic amide) rings is 1. The molecule has 4 amide bonds. The van der Waals surface area contributed by atoms with Gasteiger partial charge in [0.25, 0.3) is 17.7 Å². The fourth-order valence-corrected chi connectivity index (χ4v) is 7.48. The number of carboxylic acid groups (broad SMARTS) is 1.